The Morgan fingerprint density at radius 3 is 2.77 bits per heavy atom. The van der Waals surface area contributed by atoms with E-state index in [1.54, 1.807) is 12.1 Å². The number of alkyl halides is 3. The average molecular weight is 393 g/mol. The van der Waals surface area contributed by atoms with Crippen molar-refractivity contribution >= 4 is 18.3 Å². The summed E-state index contributed by atoms with van der Waals surface area (Å²) in [5, 5.41) is 6.29. The topological polar surface area (TPSA) is 50.4 Å². The molecule has 4 nitrogen and oxygen atoms in total. The first kappa shape index (κ1) is 20.8. The summed E-state index contributed by atoms with van der Waals surface area (Å²) in [6.45, 7) is -1.05. The van der Waals surface area contributed by atoms with E-state index in [9.17, 15) is 18.0 Å². The molecule has 3 rings (SSSR count). The van der Waals surface area contributed by atoms with Crippen molar-refractivity contribution in [3.05, 3.63) is 29.8 Å². The van der Waals surface area contributed by atoms with Crippen LogP contribution < -0.4 is 15.4 Å². The van der Waals surface area contributed by atoms with Crippen LogP contribution >= 0.6 is 12.4 Å². The lowest BCUT2D eigenvalue weighted by molar-refractivity contribution is -0.153. The highest BCUT2D eigenvalue weighted by Gasteiger charge is 2.38. The molecule has 1 saturated carbocycles. The van der Waals surface area contributed by atoms with Crippen molar-refractivity contribution < 1.29 is 22.7 Å². The zero-order chi connectivity index (χ0) is 17.9. The second-order valence-electron chi connectivity index (χ2n) is 6.88. The SMILES string of the molecule is Cl.O=C(NCc1cccc(OCC(F)(F)F)c1)C1CC2CCCCC2N1. The molecule has 2 aliphatic rings. The van der Waals surface area contributed by atoms with Crippen LogP contribution in [0.15, 0.2) is 24.3 Å². The van der Waals surface area contributed by atoms with E-state index in [-0.39, 0.29) is 36.7 Å². The maximum Gasteiger partial charge on any atom is 0.422 e. The number of ether oxygens (including phenoxy) is 1. The number of amides is 1. The molecule has 0 spiro atoms. The summed E-state index contributed by atoms with van der Waals surface area (Å²) in [4.78, 5) is 12.4. The molecule has 0 radical (unpaired) electrons. The Hall–Kier alpha value is -1.47. The molecule has 2 N–H and O–H groups in total. The van der Waals surface area contributed by atoms with Crippen LogP contribution in [0.5, 0.6) is 5.75 Å². The summed E-state index contributed by atoms with van der Waals surface area (Å²) in [5.41, 5.74) is 0.712. The molecule has 1 aromatic rings. The Morgan fingerprint density at radius 2 is 2.04 bits per heavy atom. The van der Waals surface area contributed by atoms with Gasteiger partial charge in [-0.2, -0.15) is 13.2 Å². The van der Waals surface area contributed by atoms with Crippen molar-refractivity contribution in [2.24, 2.45) is 5.92 Å². The Kier molecular flexibility index (Phi) is 7.17. The normalized spacial score (nSPS) is 25.1. The summed E-state index contributed by atoms with van der Waals surface area (Å²) >= 11 is 0. The third-order valence-corrected chi connectivity index (χ3v) is 4.95. The van der Waals surface area contributed by atoms with Gasteiger partial charge in [-0.25, -0.2) is 0 Å². The zero-order valence-electron chi connectivity index (χ0n) is 14.3. The molecule has 1 amide bonds. The predicted molar refractivity (Wildman–Crippen MR) is 94.4 cm³/mol. The maximum absolute atomic E-state index is 12.4. The monoisotopic (exact) mass is 392 g/mol. The second-order valence-corrected chi connectivity index (χ2v) is 6.88. The maximum atomic E-state index is 12.4. The van der Waals surface area contributed by atoms with Gasteiger partial charge in [-0.15, -0.1) is 12.4 Å². The van der Waals surface area contributed by atoms with Gasteiger partial charge in [-0.1, -0.05) is 25.0 Å². The molecule has 1 aliphatic heterocycles. The first-order valence-corrected chi connectivity index (χ1v) is 8.73. The van der Waals surface area contributed by atoms with Crippen molar-refractivity contribution in [3.8, 4) is 5.75 Å². The molecule has 1 saturated heterocycles. The van der Waals surface area contributed by atoms with Gasteiger partial charge in [0.2, 0.25) is 5.91 Å². The lowest BCUT2D eigenvalue weighted by Crippen LogP contribution is -2.42. The Labute approximate surface area is 157 Å². The summed E-state index contributed by atoms with van der Waals surface area (Å²) in [5.74, 6) is 0.689. The van der Waals surface area contributed by atoms with Crippen LogP contribution in [0.4, 0.5) is 13.2 Å². The lowest BCUT2D eigenvalue weighted by atomic mass is 9.85. The lowest BCUT2D eigenvalue weighted by Gasteiger charge is -2.24. The van der Waals surface area contributed by atoms with Crippen LogP contribution in [-0.2, 0) is 11.3 Å². The highest BCUT2D eigenvalue weighted by Crippen LogP contribution is 2.33. The van der Waals surface area contributed by atoms with Crippen molar-refractivity contribution in [1.82, 2.24) is 10.6 Å². The Morgan fingerprint density at radius 1 is 1.27 bits per heavy atom. The van der Waals surface area contributed by atoms with Crippen LogP contribution in [-0.4, -0.2) is 30.8 Å². The molecule has 2 fully saturated rings. The van der Waals surface area contributed by atoms with E-state index >= 15 is 0 Å². The molecule has 0 bridgehead atoms. The number of halogens is 4. The van der Waals surface area contributed by atoms with Gasteiger partial charge in [-0.3, -0.25) is 4.79 Å². The fourth-order valence-corrected chi connectivity index (χ4v) is 3.74. The summed E-state index contributed by atoms with van der Waals surface area (Å²) in [6.07, 6.45) is 1.27. The minimum atomic E-state index is -4.37. The van der Waals surface area contributed by atoms with Crippen LogP contribution in [0, 0.1) is 5.92 Å². The summed E-state index contributed by atoms with van der Waals surface area (Å²) in [6, 6.07) is 6.65. The first-order chi connectivity index (χ1) is 11.9. The fourth-order valence-electron chi connectivity index (χ4n) is 3.74. The van der Waals surface area contributed by atoms with Crippen molar-refractivity contribution in [3.63, 3.8) is 0 Å². The van der Waals surface area contributed by atoms with E-state index in [4.69, 9.17) is 4.74 Å². The molecular weight excluding hydrogens is 369 g/mol. The molecule has 26 heavy (non-hydrogen) atoms. The minimum Gasteiger partial charge on any atom is -0.484 e. The van der Waals surface area contributed by atoms with Crippen LogP contribution in [0.2, 0.25) is 0 Å². The Balaban J connectivity index is 0.00000243. The van der Waals surface area contributed by atoms with E-state index in [0.29, 0.717) is 17.5 Å². The molecule has 146 valence electrons. The van der Waals surface area contributed by atoms with E-state index in [1.165, 1.54) is 31.4 Å². The molecule has 1 heterocycles. The third-order valence-electron chi connectivity index (χ3n) is 4.95. The summed E-state index contributed by atoms with van der Waals surface area (Å²) < 4.78 is 41.3. The largest absolute Gasteiger partial charge is 0.484 e. The van der Waals surface area contributed by atoms with Gasteiger partial charge >= 0.3 is 6.18 Å². The molecular formula is C18H24ClF3N2O2. The fraction of sp³-hybridized carbons (Fsp3) is 0.611. The zero-order valence-corrected chi connectivity index (χ0v) is 15.2. The number of nitrogens with one attached hydrogen (secondary N) is 2. The predicted octanol–water partition coefficient (Wildman–Crippen LogP) is 3.59. The van der Waals surface area contributed by atoms with E-state index in [1.807, 2.05) is 0 Å². The Bertz CT molecular complexity index is 598. The standard InChI is InChI=1S/C18H23F3N2O2.ClH/c19-18(20,21)11-25-14-6-3-4-12(8-14)10-22-17(24)16-9-13-5-1-2-7-15(13)23-16;/h3-4,6,8,13,15-16,23H,1-2,5,7,9-11H2,(H,22,24);1H. The average Bonchev–Trinajstić information content (AvgIpc) is 3.02. The molecule has 3 unspecified atom stereocenters. The first-order valence-electron chi connectivity index (χ1n) is 8.73. The molecule has 8 heteroatoms. The quantitative estimate of drug-likeness (QED) is 0.805. The van der Waals surface area contributed by atoms with Gasteiger partial charge in [0.05, 0.1) is 6.04 Å². The highest BCUT2D eigenvalue weighted by atomic mass is 35.5. The van der Waals surface area contributed by atoms with Gasteiger partial charge in [0.25, 0.3) is 0 Å². The number of carbonyl (C=O) groups excluding carboxylic acids is 1. The smallest absolute Gasteiger partial charge is 0.422 e. The highest BCUT2D eigenvalue weighted by molar-refractivity contribution is 5.85. The number of rotatable bonds is 5. The number of hydrogen-bond acceptors (Lipinski definition) is 3. The number of fused-ring (bicyclic) bond motifs is 1. The van der Waals surface area contributed by atoms with Crippen molar-refractivity contribution in [2.75, 3.05) is 6.61 Å². The number of hydrogen-bond donors (Lipinski definition) is 2. The third kappa shape index (κ3) is 5.77. The molecule has 3 atom stereocenters. The molecule has 0 aromatic heterocycles. The van der Waals surface area contributed by atoms with Crippen molar-refractivity contribution in [1.29, 1.82) is 0 Å². The van der Waals surface area contributed by atoms with Gasteiger partial charge in [0.1, 0.15) is 5.75 Å². The van der Waals surface area contributed by atoms with Crippen molar-refractivity contribution in [2.45, 2.75) is 56.9 Å². The summed E-state index contributed by atoms with van der Waals surface area (Å²) in [7, 11) is 0. The minimum absolute atomic E-state index is 0. The van der Waals surface area contributed by atoms with Gasteiger partial charge < -0.3 is 15.4 Å². The number of benzene rings is 1. The number of carbonyl (C=O) groups is 1. The van der Waals surface area contributed by atoms with Crippen LogP contribution in [0.1, 0.15) is 37.7 Å². The van der Waals surface area contributed by atoms with Gasteiger partial charge in [0.15, 0.2) is 6.61 Å². The van der Waals surface area contributed by atoms with Crippen LogP contribution in [0.3, 0.4) is 0 Å². The molecule has 1 aliphatic carbocycles. The molecule has 1 aromatic carbocycles. The van der Waals surface area contributed by atoms with E-state index in [2.05, 4.69) is 10.6 Å². The van der Waals surface area contributed by atoms with E-state index < -0.39 is 12.8 Å². The second kappa shape index (κ2) is 8.95. The van der Waals surface area contributed by atoms with E-state index in [0.717, 1.165) is 12.8 Å². The van der Waals surface area contributed by atoms with Crippen LogP contribution in [0.25, 0.3) is 0 Å². The van der Waals surface area contributed by atoms with Gasteiger partial charge in [0, 0.05) is 12.6 Å². The van der Waals surface area contributed by atoms with Gasteiger partial charge in [-0.05, 0) is 42.9 Å².